The third-order valence-electron chi connectivity index (χ3n) is 5.27. The average molecular weight is 352 g/mol. The van der Waals surface area contributed by atoms with E-state index in [4.69, 9.17) is 10.5 Å². The largest absolute Gasteiger partial charge is 0.462 e. The van der Waals surface area contributed by atoms with Crippen molar-refractivity contribution in [2.24, 2.45) is 16.6 Å². The molecule has 1 heterocycles. The highest BCUT2D eigenvalue weighted by molar-refractivity contribution is 5.74. The molecule has 0 fully saturated rings. The first-order valence-corrected chi connectivity index (χ1v) is 8.75. The highest BCUT2D eigenvalue weighted by atomic mass is 19.1. The van der Waals surface area contributed by atoms with Gasteiger partial charge in [-0.2, -0.15) is 0 Å². The van der Waals surface area contributed by atoms with Crippen molar-refractivity contribution < 1.29 is 14.2 Å². The number of hydrogen-bond acceptors (Lipinski definition) is 4. The van der Waals surface area contributed by atoms with Crippen LogP contribution in [0.1, 0.15) is 18.4 Å². The smallest absolute Gasteiger partial charge is 0.283 e. The van der Waals surface area contributed by atoms with Crippen LogP contribution in [-0.2, 0) is 10.3 Å². The van der Waals surface area contributed by atoms with Crippen LogP contribution in [0.25, 0.3) is 0 Å². The van der Waals surface area contributed by atoms with E-state index in [-0.39, 0.29) is 17.8 Å². The van der Waals surface area contributed by atoms with Gasteiger partial charge in [-0.1, -0.05) is 54.6 Å². The first-order valence-electron chi connectivity index (χ1n) is 8.75. The molecule has 4 nitrogen and oxygen atoms in total. The third kappa shape index (κ3) is 2.88. The van der Waals surface area contributed by atoms with Gasteiger partial charge < -0.3 is 15.6 Å². The number of allylic oxidation sites excluding steroid dienone is 5. The van der Waals surface area contributed by atoms with E-state index in [1.54, 1.807) is 12.2 Å². The predicted molar refractivity (Wildman–Crippen MR) is 98.9 cm³/mol. The van der Waals surface area contributed by atoms with Crippen molar-refractivity contribution in [1.82, 2.24) is 0 Å². The topological polar surface area (TPSA) is 67.8 Å². The fourth-order valence-electron chi connectivity index (χ4n) is 3.91. The second-order valence-electron chi connectivity index (χ2n) is 6.87. The lowest BCUT2D eigenvalue weighted by Gasteiger charge is -2.35. The van der Waals surface area contributed by atoms with Crippen LogP contribution in [0.15, 0.2) is 82.7 Å². The Balaban J connectivity index is 1.71. The zero-order chi connectivity index (χ0) is 18.1. The van der Waals surface area contributed by atoms with E-state index in [9.17, 15) is 9.50 Å². The van der Waals surface area contributed by atoms with Gasteiger partial charge in [0.1, 0.15) is 18.0 Å². The summed E-state index contributed by atoms with van der Waals surface area (Å²) in [5.41, 5.74) is 7.61. The number of nitrogens with two attached hydrogens (primary N) is 1. The van der Waals surface area contributed by atoms with Gasteiger partial charge in [-0.15, -0.1) is 0 Å². The standard InChI is InChI=1S/C21H21FN2O2/c22-19-10-9-16(12-18(19)14-5-4-8-17(25)11-14)21(13-26-20(23)24-21)15-6-2-1-3-7-15/h1-10,16-17,25H,11-13H2,(H2,23,24). The Morgan fingerprint density at radius 2 is 2.00 bits per heavy atom. The van der Waals surface area contributed by atoms with Crippen molar-refractivity contribution in [1.29, 1.82) is 0 Å². The quantitative estimate of drug-likeness (QED) is 0.877. The average Bonchev–Trinajstić information content (AvgIpc) is 3.06. The molecular weight excluding hydrogens is 331 g/mol. The van der Waals surface area contributed by atoms with Gasteiger partial charge in [0.05, 0.1) is 6.10 Å². The number of aliphatic imine (C=N–C) groups is 1. The van der Waals surface area contributed by atoms with Crippen molar-refractivity contribution in [2.45, 2.75) is 24.5 Å². The fraction of sp³-hybridized carbons (Fsp3) is 0.286. The lowest BCUT2D eigenvalue weighted by molar-refractivity contribution is 0.208. The molecule has 2 aliphatic carbocycles. The summed E-state index contributed by atoms with van der Waals surface area (Å²) in [6, 6.07) is 10.0. The highest BCUT2D eigenvalue weighted by Gasteiger charge is 2.45. The van der Waals surface area contributed by atoms with Gasteiger partial charge >= 0.3 is 0 Å². The Kier molecular flexibility index (Phi) is 4.24. The molecule has 0 radical (unpaired) electrons. The molecule has 0 saturated carbocycles. The molecule has 0 saturated heterocycles. The van der Waals surface area contributed by atoms with Crippen molar-refractivity contribution >= 4 is 6.02 Å². The SMILES string of the molecule is NC1=NC(c2ccccc2)(C2C=CC(F)=C(C3=CC=CC(O)C3)C2)CO1. The lowest BCUT2D eigenvalue weighted by Crippen LogP contribution is -2.35. The van der Waals surface area contributed by atoms with Crippen LogP contribution in [0.3, 0.4) is 0 Å². The van der Waals surface area contributed by atoms with Crippen molar-refractivity contribution in [3.8, 4) is 0 Å². The maximum atomic E-state index is 14.6. The summed E-state index contributed by atoms with van der Waals surface area (Å²) in [6.45, 7) is 0.328. The summed E-state index contributed by atoms with van der Waals surface area (Å²) in [5, 5.41) is 9.89. The van der Waals surface area contributed by atoms with Crippen LogP contribution < -0.4 is 5.73 Å². The molecule has 3 aliphatic rings. The van der Waals surface area contributed by atoms with Gasteiger partial charge in [0.15, 0.2) is 0 Å². The number of nitrogens with zero attached hydrogens (tertiary/aromatic N) is 1. The summed E-state index contributed by atoms with van der Waals surface area (Å²) >= 11 is 0. The van der Waals surface area contributed by atoms with Gasteiger partial charge in [0.25, 0.3) is 6.02 Å². The number of rotatable bonds is 3. The number of ether oxygens (including phenoxy) is 1. The lowest BCUT2D eigenvalue weighted by atomic mass is 9.72. The highest BCUT2D eigenvalue weighted by Crippen LogP contribution is 2.45. The first-order chi connectivity index (χ1) is 12.6. The van der Waals surface area contributed by atoms with Crippen molar-refractivity contribution in [3.63, 3.8) is 0 Å². The molecule has 3 unspecified atom stereocenters. The van der Waals surface area contributed by atoms with E-state index in [1.165, 1.54) is 6.08 Å². The van der Waals surface area contributed by atoms with Gasteiger partial charge in [0, 0.05) is 12.3 Å². The van der Waals surface area contributed by atoms with E-state index in [2.05, 4.69) is 4.99 Å². The minimum atomic E-state index is -0.669. The number of amidine groups is 1. The minimum Gasteiger partial charge on any atom is -0.462 e. The molecule has 0 bridgehead atoms. The molecule has 26 heavy (non-hydrogen) atoms. The summed E-state index contributed by atoms with van der Waals surface area (Å²) in [6.07, 6.45) is 9.03. The van der Waals surface area contributed by atoms with Crippen LogP contribution in [0.5, 0.6) is 0 Å². The Hall–Kier alpha value is -2.66. The monoisotopic (exact) mass is 352 g/mol. The van der Waals surface area contributed by atoms with Crippen molar-refractivity contribution in [2.75, 3.05) is 6.61 Å². The molecule has 0 amide bonds. The van der Waals surface area contributed by atoms with Crippen molar-refractivity contribution in [3.05, 3.63) is 83.2 Å². The zero-order valence-corrected chi connectivity index (χ0v) is 14.3. The van der Waals surface area contributed by atoms with Crippen LogP contribution in [0.4, 0.5) is 4.39 Å². The normalized spacial score (nSPS) is 30.8. The Bertz CT molecular complexity index is 854. The molecule has 1 aromatic rings. The maximum Gasteiger partial charge on any atom is 0.283 e. The minimum absolute atomic E-state index is 0.0931. The molecular formula is C21H21FN2O2. The molecule has 134 valence electrons. The molecule has 5 heteroatoms. The molecule has 4 rings (SSSR count). The Morgan fingerprint density at radius 1 is 1.19 bits per heavy atom. The van der Waals surface area contributed by atoms with Crippen LogP contribution in [0.2, 0.25) is 0 Å². The molecule has 0 aromatic heterocycles. The maximum absolute atomic E-state index is 14.6. The summed E-state index contributed by atoms with van der Waals surface area (Å²) in [5.74, 6) is -0.349. The molecule has 1 aromatic carbocycles. The van der Waals surface area contributed by atoms with Crippen LogP contribution >= 0.6 is 0 Å². The zero-order valence-electron chi connectivity index (χ0n) is 14.3. The Labute approximate surface area is 151 Å². The number of halogens is 1. The van der Waals surface area contributed by atoms with Gasteiger partial charge in [-0.3, -0.25) is 0 Å². The van der Waals surface area contributed by atoms with E-state index in [0.29, 0.717) is 25.0 Å². The Morgan fingerprint density at radius 3 is 2.69 bits per heavy atom. The molecule has 3 N–H and O–H groups in total. The summed E-state index contributed by atoms with van der Waals surface area (Å²) < 4.78 is 20.1. The number of benzene rings is 1. The van der Waals surface area contributed by atoms with E-state index < -0.39 is 11.6 Å². The summed E-state index contributed by atoms with van der Waals surface area (Å²) in [4.78, 5) is 4.63. The second kappa shape index (κ2) is 6.57. The fourth-order valence-corrected chi connectivity index (χ4v) is 3.91. The summed E-state index contributed by atoms with van der Waals surface area (Å²) in [7, 11) is 0. The predicted octanol–water partition coefficient (Wildman–Crippen LogP) is 3.27. The van der Waals surface area contributed by atoms with E-state index >= 15 is 0 Å². The molecule has 1 aliphatic heterocycles. The van der Waals surface area contributed by atoms with Crippen LogP contribution in [0, 0.1) is 5.92 Å². The van der Waals surface area contributed by atoms with E-state index in [1.807, 2.05) is 42.5 Å². The van der Waals surface area contributed by atoms with Gasteiger partial charge in [0.2, 0.25) is 0 Å². The number of aliphatic hydroxyl groups excluding tert-OH is 1. The van der Waals surface area contributed by atoms with E-state index in [0.717, 1.165) is 11.1 Å². The van der Waals surface area contributed by atoms with Crippen LogP contribution in [-0.4, -0.2) is 23.8 Å². The number of aliphatic hydroxyl groups is 1. The second-order valence-corrected chi connectivity index (χ2v) is 6.87. The molecule has 0 spiro atoms. The first kappa shape index (κ1) is 16.8. The third-order valence-corrected chi connectivity index (χ3v) is 5.27. The molecule has 3 atom stereocenters. The number of hydrogen-bond donors (Lipinski definition) is 2. The van der Waals surface area contributed by atoms with Gasteiger partial charge in [-0.05, 0) is 29.2 Å². The van der Waals surface area contributed by atoms with Gasteiger partial charge in [-0.25, -0.2) is 9.38 Å².